The first kappa shape index (κ1) is 26.0. The van der Waals surface area contributed by atoms with Crippen molar-refractivity contribution in [3.63, 3.8) is 0 Å². The van der Waals surface area contributed by atoms with Crippen molar-refractivity contribution in [3.05, 3.63) is 0 Å². The zero-order valence-electron chi connectivity index (χ0n) is 14.9. The molecule has 1 aliphatic rings. The van der Waals surface area contributed by atoms with Gasteiger partial charge >= 0.3 is 23.9 Å². The van der Waals surface area contributed by atoms with Crippen LogP contribution in [0.4, 0.5) is 0 Å². The van der Waals surface area contributed by atoms with Crippen molar-refractivity contribution in [1.29, 1.82) is 0 Å². The maximum absolute atomic E-state index is 9.90. The van der Waals surface area contributed by atoms with E-state index in [0.29, 0.717) is 25.7 Å². The largest absolute Gasteiger partial charge is 0.481 e. The van der Waals surface area contributed by atoms with E-state index in [4.69, 9.17) is 20.4 Å². The Morgan fingerprint density at radius 1 is 0.500 bits per heavy atom. The topological polar surface area (TPSA) is 173 Å². The molecule has 26 heavy (non-hydrogen) atoms. The molecule has 0 spiro atoms. The van der Waals surface area contributed by atoms with Crippen molar-refractivity contribution in [2.75, 3.05) is 26.2 Å². The molecule has 0 aliphatic carbocycles. The molecule has 0 bridgehead atoms. The predicted octanol–water partition coefficient (Wildman–Crippen LogP) is 0.611. The minimum atomic E-state index is -0.870. The lowest BCUT2D eigenvalue weighted by Crippen LogP contribution is -2.39. The Labute approximate surface area is 152 Å². The normalized spacial score (nSPS) is 12.6. The molecule has 1 aliphatic heterocycles. The molecule has 0 amide bonds. The van der Waals surface area contributed by atoms with Crippen molar-refractivity contribution in [3.8, 4) is 0 Å². The molecule has 0 radical (unpaired) electrons. The summed E-state index contributed by atoms with van der Waals surface area (Å²) in [5, 5.41) is 39.0. The highest BCUT2D eigenvalue weighted by Gasteiger charge is 1.99. The summed E-state index contributed by atoms with van der Waals surface area (Å²) in [6, 6.07) is 0. The molecule has 0 aromatic heterocycles. The number of hydrogen-bond donors (Lipinski definition) is 6. The van der Waals surface area contributed by atoms with Gasteiger partial charge in [0.25, 0.3) is 0 Å². The highest BCUT2D eigenvalue weighted by Crippen LogP contribution is 1.99. The van der Waals surface area contributed by atoms with E-state index in [9.17, 15) is 19.2 Å². The summed E-state index contributed by atoms with van der Waals surface area (Å²) >= 11 is 0. The van der Waals surface area contributed by atoms with Crippen LogP contribution in [0.15, 0.2) is 0 Å². The SMILES string of the molecule is C1CNCCN1.O=C(O)CCCCC(=O)O.O=C(O)CCCCC(=O)O. The van der Waals surface area contributed by atoms with Gasteiger partial charge in [-0.15, -0.1) is 0 Å². The second-order valence-corrected chi connectivity index (χ2v) is 5.49. The molecule has 1 rings (SSSR count). The van der Waals surface area contributed by atoms with Crippen molar-refractivity contribution in [1.82, 2.24) is 10.6 Å². The Morgan fingerprint density at radius 2 is 0.692 bits per heavy atom. The quantitative estimate of drug-likeness (QED) is 0.296. The fraction of sp³-hybridized carbons (Fsp3) is 0.750. The minimum Gasteiger partial charge on any atom is -0.481 e. The molecule has 6 N–H and O–H groups in total. The Hall–Kier alpha value is -2.20. The van der Waals surface area contributed by atoms with E-state index in [0.717, 1.165) is 26.2 Å². The van der Waals surface area contributed by atoms with Gasteiger partial charge in [0.2, 0.25) is 0 Å². The zero-order chi connectivity index (χ0) is 20.2. The van der Waals surface area contributed by atoms with Crippen LogP contribution in [0.5, 0.6) is 0 Å². The van der Waals surface area contributed by atoms with Gasteiger partial charge in [0.15, 0.2) is 0 Å². The van der Waals surface area contributed by atoms with Crippen LogP contribution >= 0.6 is 0 Å². The highest BCUT2D eigenvalue weighted by atomic mass is 16.4. The van der Waals surface area contributed by atoms with Crippen LogP contribution in [0.3, 0.4) is 0 Å². The van der Waals surface area contributed by atoms with E-state index in [-0.39, 0.29) is 25.7 Å². The van der Waals surface area contributed by atoms with Crippen LogP contribution in [0.25, 0.3) is 0 Å². The Bertz CT molecular complexity index is 336. The number of carbonyl (C=O) groups is 4. The Morgan fingerprint density at radius 3 is 0.808 bits per heavy atom. The van der Waals surface area contributed by atoms with Gasteiger partial charge in [0.1, 0.15) is 0 Å². The number of carboxylic acids is 4. The Kier molecular flexibility index (Phi) is 19.2. The second-order valence-electron chi connectivity index (χ2n) is 5.49. The third-order valence-electron chi connectivity index (χ3n) is 3.02. The van der Waals surface area contributed by atoms with Gasteiger partial charge in [-0.1, -0.05) is 0 Å². The molecule has 10 heteroatoms. The van der Waals surface area contributed by atoms with Crippen molar-refractivity contribution < 1.29 is 39.6 Å². The fourth-order valence-electron chi connectivity index (χ4n) is 1.71. The van der Waals surface area contributed by atoms with E-state index in [1.807, 2.05) is 0 Å². The van der Waals surface area contributed by atoms with E-state index in [1.165, 1.54) is 0 Å². The van der Waals surface area contributed by atoms with Crippen LogP contribution in [0.2, 0.25) is 0 Å². The summed E-state index contributed by atoms with van der Waals surface area (Å²) in [6.07, 6.45) is 2.04. The molecule has 1 heterocycles. The lowest BCUT2D eigenvalue weighted by atomic mass is 10.2. The first-order valence-electron chi connectivity index (χ1n) is 8.54. The van der Waals surface area contributed by atoms with Crippen molar-refractivity contribution in [2.24, 2.45) is 0 Å². The van der Waals surface area contributed by atoms with Gasteiger partial charge in [0.05, 0.1) is 0 Å². The molecule has 0 aromatic carbocycles. The van der Waals surface area contributed by atoms with Crippen molar-refractivity contribution >= 4 is 23.9 Å². The van der Waals surface area contributed by atoms with E-state index < -0.39 is 23.9 Å². The van der Waals surface area contributed by atoms with Crippen LogP contribution in [-0.4, -0.2) is 70.5 Å². The van der Waals surface area contributed by atoms with E-state index in [1.54, 1.807) is 0 Å². The summed E-state index contributed by atoms with van der Waals surface area (Å²) in [7, 11) is 0. The van der Waals surface area contributed by atoms with Crippen LogP contribution < -0.4 is 10.6 Å². The molecule has 1 saturated heterocycles. The number of aliphatic carboxylic acids is 4. The summed E-state index contributed by atoms with van der Waals surface area (Å²) in [6.45, 7) is 4.56. The Balaban J connectivity index is 0. The molecule has 0 saturated carbocycles. The van der Waals surface area contributed by atoms with Crippen LogP contribution in [0, 0.1) is 0 Å². The third-order valence-corrected chi connectivity index (χ3v) is 3.02. The molecule has 0 unspecified atom stereocenters. The lowest BCUT2D eigenvalue weighted by Gasteiger charge is -2.11. The first-order chi connectivity index (χ1) is 12.3. The average molecular weight is 378 g/mol. The van der Waals surface area contributed by atoms with Crippen molar-refractivity contribution in [2.45, 2.75) is 51.4 Å². The summed E-state index contributed by atoms with van der Waals surface area (Å²) in [4.78, 5) is 39.6. The van der Waals surface area contributed by atoms with Crippen LogP contribution in [-0.2, 0) is 19.2 Å². The number of hydrogen-bond acceptors (Lipinski definition) is 6. The molecule has 152 valence electrons. The van der Waals surface area contributed by atoms with Gasteiger partial charge in [-0.05, 0) is 25.7 Å². The maximum atomic E-state index is 9.90. The van der Waals surface area contributed by atoms with Gasteiger partial charge in [-0.25, -0.2) is 0 Å². The highest BCUT2D eigenvalue weighted by molar-refractivity contribution is 5.68. The fourth-order valence-corrected chi connectivity index (χ4v) is 1.71. The lowest BCUT2D eigenvalue weighted by molar-refractivity contribution is -0.139. The van der Waals surface area contributed by atoms with Gasteiger partial charge in [-0.3, -0.25) is 19.2 Å². The van der Waals surface area contributed by atoms with E-state index in [2.05, 4.69) is 10.6 Å². The number of carboxylic acid groups (broad SMARTS) is 4. The number of unbranched alkanes of at least 4 members (excludes halogenated alkanes) is 2. The van der Waals surface area contributed by atoms with Gasteiger partial charge in [0, 0.05) is 51.9 Å². The standard InChI is InChI=1S/2C6H10O4.C4H10N2/c2*7-5(8)3-1-2-4-6(9)10;1-2-6-4-3-5-1/h2*1-4H2,(H,7,8)(H,9,10);5-6H,1-4H2. The predicted molar refractivity (Wildman–Crippen MR) is 93.2 cm³/mol. The third kappa shape index (κ3) is 29.8. The molecule has 10 nitrogen and oxygen atoms in total. The van der Waals surface area contributed by atoms with Gasteiger partial charge in [-0.2, -0.15) is 0 Å². The summed E-state index contributed by atoms with van der Waals surface area (Å²) in [5.74, 6) is -3.48. The number of rotatable bonds is 10. The monoisotopic (exact) mass is 378 g/mol. The summed E-state index contributed by atoms with van der Waals surface area (Å²) in [5.41, 5.74) is 0. The van der Waals surface area contributed by atoms with Crippen LogP contribution in [0.1, 0.15) is 51.4 Å². The number of piperazine rings is 1. The molecular weight excluding hydrogens is 348 g/mol. The second kappa shape index (κ2) is 19.1. The molecule has 0 aromatic rings. The number of nitrogens with one attached hydrogen (secondary N) is 2. The van der Waals surface area contributed by atoms with E-state index >= 15 is 0 Å². The average Bonchev–Trinajstić information content (AvgIpc) is 2.58. The molecule has 0 atom stereocenters. The van der Waals surface area contributed by atoms with Gasteiger partial charge < -0.3 is 31.1 Å². The summed E-state index contributed by atoms with van der Waals surface area (Å²) < 4.78 is 0. The maximum Gasteiger partial charge on any atom is 0.303 e. The first-order valence-corrected chi connectivity index (χ1v) is 8.54. The smallest absolute Gasteiger partial charge is 0.303 e. The molecular formula is C16H30N2O8. The minimum absolute atomic E-state index is 0.0628. The zero-order valence-corrected chi connectivity index (χ0v) is 14.9. The molecule has 1 fully saturated rings.